The molecule has 13 heavy (non-hydrogen) atoms. The van der Waals surface area contributed by atoms with Gasteiger partial charge < -0.3 is 10.1 Å². The molecule has 0 spiro atoms. The molecular weight excluding hydrogens is 162 g/mol. The second kappa shape index (κ2) is 8.52. The normalized spacial score (nSPS) is 13.6. The van der Waals surface area contributed by atoms with Crippen molar-refractivity contribution in [2.24, 2.45) is 5.92 Å². The van der Waals surface area contributed by atoms with Crippen molar-refractivity contribution < 1.29 is 4.74 Å². The van der Waals surface area contributed by atoms with Crippen molar-refractivity contribution >= 4 is 0 Å². The molecule has 0 aliphatic heterocycles. The van der Waals surface area contributed by atoms with Crippen molar-refractivity contribution in [3.8, 4) is 0 Å². The molecule has 0 aromatic heterocycles. The summed E-state index contributed by atoms with van der Waals surface area (Å²) < 4.78 is 5.77. The van der Waals surface area contributed by atoms with Gasteiger partial charge >= 0.3 is 0 Å². The third-order valence-electron chi connectivity index (χ3n) is 2.09. The van der Waals surface area contributed by atoms with Crippen molar-refractivity contribution in [1.82, 2.24) is 5.32 Å². The third kappa shape index (κ3) is 8.26. The predicted octanol–water partition coefficient (Wildman–Crippen LogP) is 2.44. The van der Waals surface area contributed by atoms with E-state index < -0.39 is 0 Å². The predicted molar refractivity (Wildman–Crippen MR) is 58.0 cm³/mol. The Hall–Kier alpha value is -0.0800. The van der Waals surface area contributed by atoms with E-state index in [1.165, 1.54) is 19.3 Å². The van der Waals surface area contributed by atoms with Crippen molar-refractivity contribution in [3.63, 3.8) is 0 Å². The fourth-order valence-corrected chi connectivity index (χ4v) is 1.26. The van der Waals surface area contributed by atoms with Crippen molar-refractivity contribution in [2.45, 2.75) is 46.1 Å². The van der Waals surface area contributed by atoms with Crippen LogP contribution in [0, 0.1) is 5.92 Å². The topological polar surface area (TPSA) is 21.3 Å². The maximum atomic E-state index is 5.77. The van der Waals surface area contributed by atoms with Crippen molar-refractivity contribution in [2.75, 3.05) is 20.2 Å². The molecule has 0 saturated carbocycles. The zero-order valence-electron chi connectivity index (χ0n) is 9.60. The summed E-state index contributed by atoms with van der Waals surface area (Å²) in [6, 6.07) is 0. The summed E-state index contributed by atoms with van der Waals surface area (Å²) >= 11 is 0. The second-order valence-electron chi connectivity index (χ2n) is 4.02. The van der Waals surface area contributed by atoms with Crippen LogP contribution in [0.1, 0.15) is 40.0 Å². The van der Waals surface area contributed by atoms with Gasteiger partial charge in [-0.3, -0.25) is 0 Å². The molecule has 0 aliphatic rings. The van der Waals surface area contributed by atoms with Crippen LogP contribution in [-0.2, 0) is 4.74 Å². The fraction of sp³-hybridized carbons (Fsp3) is 1.00. The van der Waals surface area contributed by atoms with Crippen LogP contribution in [0.15, 0.2) is 0 Å². The molecule has 0 aromatic carbocycles. The molecule has 0 aromatic rings. The summed E-state index contributed by atoms with van der Waals surface area (Å²) in [6.07, 6.45) is 3.95. The van der Waals surface area contributed by atoms with Crippen LogP contribution in [-0.4, -0.2) is 26.3 Å². The van der Waals surface area contributed by atoms with E-state index >= 15 is 0 Å². The summed E-state index contributed by atoms with van der Waals surface area (Å²) in [4.78, 5) is 0. The van der Waals surface area contributed by atoms with E-state index in [9.17, 15) is 0 Å². The number of hydrogen-bond donors (Lipinski definition) is 1. The van der Waals surface area contributed by atoms with Gasteiger partial charge in [0.1, 0.15) is 0 Å². The Morgan fingerprint density at radius 2 is 1.92 bits per heavy atom. The molecule has 0 fully saturated rings. The van der Waals surface area contributed by atoms with Crippen LogP contribution >= 0.6 is 0 Å². The molecular formula is C11H25NO. The van der Waals surface area contributed by atoms with Crippen LogP contribution in [0.4, 0.5) is 0 Å². The molecule has 1 unspecified atom stereocenters. The molecule has 2 nitrogen and oxygen atoms in total. The highest BCUT2D eigenvalue weighted by molar-refractivity contribution is 4.59. The quantitative estimate of drug-likeness (QED) is 0.630. The van der Waals surface area contributed by atoms with Crippen LogP contribution in [0.2, 0.25) is 0 Å². The van der Waals surface area contributed by atoms with Gasteiger partial charge in [0.05, 0.1) is 6.10 Å². The largest absolute Gasteiger partial charge is 0.377 e. The number of rotatable bonds is 8. The summed E-state index contributed by atoms with van der Waals surface area (Å²) in [7, 11) is 1.98. The summed E-state index contributed by atoms with van der Waals surface area (Å²) in [5.74, 6) is 0.747. The molecule has 80 valence electrons. The highest BCUT2D eigenvalue weighted by Crippen LogP contribution is 2.05. The minimum Gasteiger partial charge on any atom is -0.377 e. The Balaban J connectivity index is 3.44. The Labute approximate surface area is 83.1 Å². The lowest BCUT2D eigenvalue weighted by Gasteiger charge is -2.17. The highest BCUT2D eigenvalue weighted by Gasteiger charge is 2.06. The van der Waals surface area contributed by atoms with Gasteiger partial charge in [-0.25, -0.2) is 0 Å². The highest BCUT2D eigenvalue weighted by atomic mass is 16.5. The summed E-state index contributed by atoms with van der Waals surface area (Å²) in [6.45, 7) is 8.55. The Morgan fingerprint density at radius 3 is 2.38 bits per heavy atom. The van der Waals surface area contributed by atoms with Crippen molar-refractivity contribution in [3.05, 3.63) is 0 Å². The number of hydrogen-bond acceptors (Lipinski definition) is 2. The number of likely N-dealkylation sites (N-methyl/N-ethyl adjacent to an activating group) is 1. The van der Waals surface area contributed by atoms with Crippen molar-refractivity contribution in [1.29, 1.82) is 0 Å². The van der Waals surface area contributed by atoms with Gasteiger partial charge in [0.2, 0.25) is 0 Å². The first-order valence-electron chi connectivity index (χ1n) is 5.46. The van der Waals surface area contributed by atoms with E-state index in [4.69, 9.17) is 4.74 Å². The van der Waals surface area contributed by atoms with E-state index in [1.807, 2.05) is 7.05 Å². The molecule has 0 heterocycles. The van der Waals surface area contributed by atoms with Crippen LogP contribution in [0.3, 0.4) is 0 Å². The molecule has 1 atom stereocenters. The zero-order valence-corrected chi connectivity index (χ0v) is 9.60. The zero-order chi connectivity index (χ0) is 10.1. The van der Waals surface area contributed by atoms with E-state index in [-0.39, 0.29) is 0 Å². The summed E-state index contributed by atoms with van der Waals surface area (Å²) in [5.41, 5.74) is 0. The van der Waals surface area contributed by atoms with Crippen LogP contribution < -0.4 is 5.32 Å². The minimum absolute atomic E-state index is 0.411. The van der Waals surface area contributed by atoms with E-state index in [2.05, 4.69) is 26.1 Å². The molecule has 0 aliphatic carbocycles. The van der Waals surface area contributed by atoms with Gasteiger partial charge in [-0.2, -0.15) is 0 Å². The first-order valence-corrected chi connectivity index (χ1v) is 5.46. The number of ether oxygens (including phenoxy) is 1. The van der Waals surface area contributed by atoms with Gasteiger partial charge in [-0.1, -0.05) is 27.2 Å². The molecule has 0 radical (unpaired) electrons. The molecule has 1 N–H and O–H groups in total. The molecule has 0 bridgehead atoms. The molecule has 2 heteroatoms. The molecule has 0 saturated heterocycles. The second-order valence-corrected chi connectivity index (χ2v) is 4.02. The van der Waals surface area contributed by atoms with E-state index in [0.29, 0.717) is 6.10 Å². The Kier molecular flexibility index (Phi) is 8.46. The minimum atomic E-state index is 0.411. The third-order valence-corrected chi connectivity index (χ3v) is 2.09. The van der Waals surface area contributed by atoms with E-state index in [0.717, 1.165) is 19.1 Å². The fourth-order valence-electron chi connectivity index (χ4n) is 1.26. The first kappa shape index (κ1) is 12.9. The first-order chi connectivity index (χ1) is 6.20. The number of nitrogens with one attached hydrogen (secondary N) is 1. The Bertz CT molecular complexity index is 98.3. The standard InChI is InChI=1S/C11H25NO/c1-5-6-11(9-12-4)13-8-7-10(2)3/h10-12H,5-9H2,1-4H3. The van der Waals surface area contributed by atoms with Crippen LogP contribution in [0.25, 0.3) is 0 Å². The van der Waals surface area contributed by atoms with Gasteiger partial charge in [-0.15, -0.1) is 0 Å². The average molecular weight is 187 g/mol. The van der Waals surface area contributed by atoms with Gasteiger partial charge in [0.25, 0.3) is 0 Å². The lowest BCUT2D eigenvalue weighted by Crippen LogP contribution is -2.27. The van der Waals surface area contributed by atoms with Gasteiger partial charge in [0.15, 0.2) is 0 Å². The molecule has 0 amide bonds. The van der Waals surface area contributed by atoms with E-state index in [1.54, 1.807) is 0 Å². The van der Waals surface area contributed by atoms with Gasteiger partial charge in [0, 0.05) is 13.2 Å². The maximum Gasteiger partial charge on any atom is 0.0699 e. The lowest BCUT2D eigenvalue weighted by atomic mass is 10.1. The van der Waals surface area contributed by atoms with Crippen LogP contribution in [0.5, 0.6) is 0 Å². The average Bonchev–Trinajstić information content (AvgIpc) is 2.04. The SMILES string of the molecule is CCCC(CNC)OCCC(C)C. The molecule has 0 rings (SSSR count). The monoisotopic (exact) mass is 187 g/mol. The summed E-state index contributed by atoms with van der Waals surface area (Å²) in [5, 5.41) is 3.17. The maximum absolute atomic E-state index is 5.77. The lowest BCUT2D eigenvalue weighted by molar-refractivity contribution is 0.0419. The smallest absolute Gasteiger partial charge is 0.0699 e. The Morgan fingerprint density at radius 1 is 1.23 bits per heavy atom. The van der Waals surface area contributed by atoms with Gasteiger partial charge in [-0.05, 0) is 25.8 Å².